The molecule has 2 amide bonds. The van der Waals surface area contributed by atoms with Gasteiger partial charge in [-0.2, -0.15) is 9.97 Å². The highest BCUT2D eigenvalue weighted by atomic mass is 28.3. The van der Waals surface area contributed by atoms with Crippen molar-refractivity contribution in [3.8, 4) is 23.5 Å². The van der Waals surface area contributed by atoms with Crippen molar-refractivity contribution >= 4 is 36.7 Å². The van der Waals surface area contributed by atoms with Crippen LogP contribution in [0.25, 0.3) is 0 Å². The molecule has 1 aromatic carbocycles. The molecule has 2 heterocycles. The average Bonchev–Trinajstić information content (AvgIpc) is 3.31. The lowest BCUT2D eigenvalue weighted by atomic mass is 10.2. The molecule has 0 unspecified atom stereocenters. The summed E-state index contributed by atoms with van der Waals surface area (Å²) in [6.45, 7) is 11.2. The highest BCUT2D eigenvalue weighted by Gasteiger charge is 2.24. The second-order valence-corrected chi connectivity index (χ2v) is 15.7. The molecule has 12 heteroatoms. The first-order valence-electron chi connectivity index (χ1n) is 12.9. The van der Waals surface area contributed by atoms with Gasteiger partial charge in [-0.25, -0.2) is 0 Å². The molecule has 0 aliphatic carbocycles. The molecule has 3 rings (SSSR count). The minimum Gasteiger partial charge on any atom is -0.479 e. The minimum atomic E-state index is -1.51. The van der Waals surface area contributed by atoms with Gasteiger partial charge in [0.1, 0.15) is 11.5 Å². The number of benzene rings is 1. The van der Waals surface area contributed by atoms with Gasteiger partial charge in [-0.1, -0.05) is 37.0 Å². The Morgan fingerprint density at radius 2 is 1.65 bits per heavy atom. The number of aromatic nitrogens is 2. The van der Waals surface area contributed by atoms with Gasteiger partial charge in [0.05, 0.1) is 28.7 Å². The molecular formula is C28H39N5O6Si. The van der Waals surface area contributed by atoms with Gasteiger partial charge in [-0.05, 0) is 38.7 Å². The molecule has 0 aliphatic rings. The van der Waals surface area contributed by atoms with Crippen LogP contribution in [0.5, 0.6) is 23.5 Å². The molecule has 2 aromatic heterocycles. The van der Waals surface area contributed by atoms with E-state index in [1.807, 2.05) is 32.0 Å². The van der Waals surface area contributed by atoms with Crippen LogP contribution in [0.3, 0.4) is 0 Å². The molecule has 0 saturated carbocycles. The molecule has 0 bridgehead atoms. The average molecular weight is 570 g/mol. The standard InChI is InChI=1S/C28H39N5O6Si/c1-18-10-12-21(40(7,8)9)17-22(18)39-24-13-11-20(38-24)16-23(35)29-25-26(36-5)30-28(31-27(25)37-6)33(19(2)34)15-14-32(3)4/h10-13,17H,14-16H2,1-9H3,(H,29,35). The number of rotatable bonds is 12. The molecule has 0 aliphatic heterocycles. The van der Waals surface area contributed by atoms with Crippen LogP contribution in [-0.2, 0) is 16.0 Å². The number of likely N-dealkylation sites (N-methyl/N-ethyl adjacent to an activating group) is 1. The monoisotopic (exact) mass is 569 g/mol. The van der Waals surface area contributed by atoms with E-state index in [2.05, 4.69) is 47.1 Å². The predicted molar refractivity (Wildman–Crippen MR) is 157 cm³/mol. The maximum absolute atomic E-state index is 13.0. The van der Waals surface area contributed by atoms with Crippen molar-refractivity contribution in [3.63, 3.8) is 0 Å². The van der Waals surface area contributed by atoms with E-state index < -0.39 is 14.0 Å². The summed E-state index contributed by atoms with van der Waals surface area (Å²) >= 11 is 0. The van der Waals surface area contributed by atoms with Crippen molar-refractivity contribution in [2.24, 2.45) is 0 Å². The third-order valence-corrected chi connectivity index (χ3v) is 8.15. The SMILES string of the molecule is COc1nc(N(CCN(C)C)C(C)=O)nc(OC)c1NC(=O)Cc1ccc(Oc2cc([Si](C)(C)C)ccc2C)o1. The van der Waals surface area contributed by atoms with Gasteiger partial charge in [-0.15, -0.1) is 0 Å². The van der Waals surface area contributed by atoms with Crippen molar-refractivity contribution in [1.29, 1.82) is 0 Å². The van der Waals surface area contributed by atoms with Gasteiger partial charge >= 0.3 is 0 Å². The van der Waals surface area contributed by atoms with Gasteiger partial charge in [0.15, 0.2) is 5.69 Å². The second-order valence-electron chi connectivity index (χ2n) is 10.7. The van der Waals surface area contributed by atoms with Crippen molar-refractivity contribution in [2.75, 3.05) is 51.6 Å². The van der Waals surface area contributed by atoms with E-state index in [4.69, 9.17) is 18.6 Å². The Kier molecular flexibility index (Phi) is 9.93. The van der Waals surface area contributed by atoms with Crippen LogP contribution < -0.4 is 29.6 Å². The number of carbonyl (C=O) groups excluding carboxylic acids is 2. The fraction of sp³-hybridized carbons (Fsp3) is 0.429. The van der Waals surface area contributed by atoms with E-state index in [0.717, 1.165) is 11.3 Å². The zero-order valence-electron chi connectivity index (χ0n) is 24.7. The number of ether oxygens (including phenoxy) is 3. The Labute approximate surface area is 236 Å². The summed E-state index contributed by atoms with van der Waals surface area (Å²) in [5, 5.41) is 4.02. The van der Waals surface area contributed by atoms with Gasteiger partial charge in [-0.3, -0.25) is 14.5 Å². The number of aryl methyl sites for hydroxylation is 1. The second kappa shape index (κ2) is 13.0. The zero-order chi connectivity index (χ0) is 29.6. The van der Waals surface area contributed by atoms with E-state index in [0.29, 0.717) is 24.8 Å². The Bertz CT molecular complexity index is 1330. The molecule has 40 heavy (non-hydrogen) atoms. The van der Waals surface area contributed by atoms with Crippen LogP contribution >= 0.6 is 0 Å². The zero-order valence-corrected chi connectivity index (χ0v) is 25.7. The quantitative estimate of drug-likeness (QED) is 0.325. The molecular weight excluding hydrogens is 530 g/mol. The Morgan fingerprint density at radius 3 is 2.20 bits per heavy atom. The van der Waals surface area contributed by atoms with Crippen LogP contribution in [0, 0.1) is 6.92 Å². The van der Waals surface area contributed by atoms with Crippen LogP contribution in [0.15, 0.2) is 34.7 Å². The third kappa shape index (κ3) is 7.82. The molecule has 3 aromatic rings. The maximum atomic E-state index is 13.0. The number of anilines is 2. The smallest absolute Gasteiger partial charge is 0.290 e. The van der Waals surface area contributed by atoms with Gasteiger partial charge in [0.25, 0.3) is 5.95 Å². The lowest BCUT2D eigenvalue weighted by Crippen LogP contribution is -2.37. The summed E-state index contributed by atoms with van der Waals surface area (Å²) < 4.78 is 22.6. The van der Waals surface area contributed by atoms with E-state index >= 15 is 0 Å². The van der Waals surface area contributed by atoms with Crippen molar-refractivity contribution in [2.45, 2.75) is 39.9 Å². The molecule has 216 valence electrons. The summed E-state index contributed by atoms with van der Waals surface area (Å²) in [7, 11) is 5.11. The van der Waals surface area contributed by atoms with Crippen LogP contribution in [0.2, 0.25) is 19.6 Å². The molecule has 0 spiro atoms. The number of nitrogens with zero attached hydrogens (tertiary/aromatic N) is 4. The van der Waals surface area contributed by atoms with Crippen LogP contribution in [0.4, 0.5) is 11.6 Å². The fourth-order valence-corrected chi connectivity index (χ4v) is 4.91. The minimum absolute atomic E-state index is 0.0625. The first kappa shape index (κ1) is 30.6. The Morgan fingerprint density at radius 1 is 1.00 bits per heavy atom. The van der Waals surface area contributed by atoms with E-state index in [9.17, 15) is 9.59 Å². The first-order valence-corrected chi connectivity index (χ1v) is 16.4. The molecule has 0 fully saturated rings. The molecule has 0 radical (unpaired) electrons. The third-order valence-electron chi connectivity index (χ3n) is 6.11. The topological polar surface area (TPSA) is 119 Å². The molecule has 1 N–H and O–H groups in total. The normalized spacial score (nSPS) is 11.3. The van der Waals surface area contributed by atoms with Crippen molar-refractivity contribution < 1.29 is 28.2 Å². The van der Waals surface area contributed by atoms with Crippen molar-refractivity contribution in [3.05, 3.63) is 41.7 Å². The number of hydrogen-bond acceptors (Lipinski definition) is 9. The number of methoxy groups -OCH3 is 2. The largest absolute Gasteiger partial charge is 0.479 e. The summed E-state index contributed by atoms with van der Waals surface area (Å²) in [5.74, 6) is 1.03. The van der Waals surface area contributed by atoms with Gasteiger partial charge in [0.2, 0.25) is 29.5 Å². The number of furan rings is 1. The van der Waals surface area contributed by atoms with Gasteiger partial charge < -0.3 is 28.8 Å². The predicted octanol–water partition coefficient (Wildman–Crippen LogP) is 3.83. The lowest BCUT2D eigenvalue weighted by molar-refractivity contribution is -0.117. The van der Waals surface area contributed by atoms with E-state index in [1.165, 1.54) is 31.2 Å². The molecule has 11 nitrogen and oxygen atoms in total. The summed E-state index contributed by atoms with van der Waals surface area (Å²) in [4.78, 5) is 37.3. The first-order chi connectivity index (χ1) is 18.8. The van der Waals surface area contributed by atoms with Crippen molar-refractivity contribution in [1.82, 2.24) is 14.9 Å². The fourth-order valence-electron chi connectivity index (χ4n) is 3.77. The number of amides is 2. The van der Waals surface area contributed by atoms with E-state index in [1.54, 1.807) is 12.1 Å². The maximum Gasteiger partial charge on any atom is 0.290 e. The molecule has 0 atom stereocenters. The van der Waals surface area contributed by atoms with Gasteiger partial charge in [0, 0.05) is 26.1 Å². The Balaban J connectivity index is 1.76. The highest BCUT2D eigenvalue weighted by molar-refractivity contribution is 6.88. The lowest BCUT2D eigenvalue weighted by Gasteiger charge is -2.22. The van der Waals surface area contributed by atoms with E-state index in [-0.39, 0.29) is 35.7 Å². The summed E-state index contributed by atoms with van der Waals surface area (Å²) in [6, 6.07) is 9.63. The Hall–Kier alpha value is -3.90. The highest BCUT2D eigenvalue weighted by Crippen LogP contribution is 2.34. The number of hydrogen-bond donors (Lipinski definition) is 1. The number of nitrogens with one attached hydrogen (secondary N) is 1. The molecule has 0 saturated heterocycles. The van der Waals surface area contributed by atoms with Crippen LogP contribution in [0.1, 0.15) is 18.2 Å². The summed E-state index contributed by atoms with van der Waals surface area (Å²) in [5.41, 5.74) is 1.14. The number of carbonyl (C=O) groups is 2. The summed E-state index contributed by atoms with van der Waals surface area (Å²) in [6.07, 6.45) is -0.0756. The van der Waals surface area contributed by atoms with Crippen LogP contribution in [-0.4, -0.2) is 76.2 Å².